The molecule has 0 spiro atoms. The third kappa shape index (κ3) is 4.19. The first-order chi connectivity index (χ1) is 7.24. The molecule has 1 aromatic rings. The molecule has 0 saturated heterocycles. The van der Waals surface area contributed by atoms with Crippen LogP contribution in [0.2, 0.25) is 0 Å². The van der Waals surface area contributed by atoms with Gasteiger partial charge in [0.15, 0.2) is 0 Å². The molecule has 15 heavy (non-hydrogen) atoms. The van der Waals surface area contributed by atoms with E-state index in [0.29, 0.717) is 18.0 Å². The first-order valence-electron chi connectivity index (χ1n) is 5.42. The molecule has 0 radical (unpaired) electrons. The Kier molecular flexibility index (Phi) is 4.95. The van der Waals surface area contributed by atoms with Crippen molar-refractivity contribution in [3.05, 3.63) is 24.0 Å². The first-order valence-corrected chi connectivity index (χ1v) is 5.42. The second kappa shape index (κ2) is 6.27. The van der Waals surface area contributed by atoms with Crippen LogP contribution >= 0.6 is 0 Å². The number of halogens is 1. The Morgan fingerprint density at radius 1 is 1.27 bits per heavy atom. The van der Waals surface area contributed by atoms with E-state index in [1.54, 1.807) is 0 Å². The van der Waals surface area contributed by atoms with Gasteiger partial charge in [0.05, 0.1) is 12.3 Å². The standard InChI is InChI=1S/C12H18FNO/c1-2-3-4-5-8-15-12-9-10(13)6-7-11(12)14/h6-7,9H,2-5,8,14H2,1H3. The fourth-order valence-corrected chi connectivity index (χ4v) is 1.34. The normalized spacial score (nSPS) is 10.3. The van der Waals surface area contributed by atoms with Gasteiger partial charge in [-0.25, -0.2) is 4.39 Å². The predicted molar refractivity (Wildman–Crippen MR) is 60.4 cm³/mol. The van der Waals surface area contributed by atoms with Crippen LogP contribution in [-0.4, -0.2) is 6.61 Å². The van der Waals surface area contributed by atoms with Crippen molar-refractivity contribution in [1.29, 1.82) is 0 Å². The number of anilines is 1. The SMILES string of the molecule is CCCCCCOc1cc(F)ccc1N. The minimum atomic E-state index is -0.312. The van der Waals surface area contributed by atoms with Gasteiger partial charge < -0.3 is 10.5 Å². The van der Waals surface area contributed by atoms with Crippen molar-refractivity contribution >= 4 is 5.69 Å². The molecule has 0 unspecified atom stereocenters. The molecule has 0 bridgehead atoms. The van der Waals surface area contributed by atoms with E-state index in [9.17, 15) is 4.39 Å². The smallest absolute Gasteiger partial charge is 0.145 e. The molecule has 3 heteroatoms. The van der Waals surface area contributed by atoms with Gasteiger partial charge in [0.25, 0.3) is 0 Å². The van der Waals surface area contributed by atoms with Crippen LogP contribution in [0.4, 0.5) is 10.1 Å². The lowest BCUT2D eigenvalue weighted by molar-refractivity contribution is 0.305. The van der Waals surface area contributed by atoms with Gasteiger partial charge in [0, 0.05) is 6.07 Å². The predicted octanol–water partition coefficient (Wildman–Crippen LogP) is 3.37. The molecule has 0 heterocycles. The van der Waals surface area contributed by atoms with Crippen LogP contribution in [0.3, 0.4) is 0 Å². The van der Waals surface area contributed by atoms with Crippen molar-refractivity contribution in [2.24, 2.45) is 0 Å². The van der Waals surface area contributed by atoms with Gasteiger partial charge in [-0.1, -0.05) is 26.2 Å². The molecule has 0 fully saturated rings. The summed E-state index contributed by atoms with van der Waals surface area (Å²) in [5, 5.41) is 0. The Morgan fingerprint density at radius 2 is 2.07 bits per heavy atom. The zero-order valence-electron chi connectivity index (χ0n) is 9.13. The maximum absolute atomic E-state index is 12.8. The van der Waals surface area contributed by atoms with Crippen LogP contribution in [0.15, 0.2) is 18.2 Å². The van der Waals surface area contributed by atoms with Crippen LogP contribution in [0.1, 0.15) is 32.6 Å². The number of rotatable bonds is 6. The number of nitrogen functional groups attached to an aromatic ring is 1. The number of benzene rings is 1. The third-order valence-electron chi connectivity index (χ3n) is 2.23. The van der Waals surface area contributed by atoms with E-state index in [1.807, 2.05) is 0 Å². The average molecular weight is 211 g/mol. The summed E-state index contributed by atoms with van der Waals surface area (Å²) in [6.45, 7) is 2.76. The van der Waals surface area contributed by atoms with Gasteiger partial charge in [-0.15, -0.1) is 0 Å². The van der Waals surface area contributed by atoms with E-state index in [4.69, 9.17) is 10.5 Å². The van der Waals surface area contributed by atoms with Crippen LogP contribution in [0, 0.1) is 5.82 Å². The van der Waals surface area contributed by atoms with Gasteiger partial charge in [-0.3, -0.25) is 0 Å². The zero-order valence-corrected chi connectivity index (χ0v) is 9.13. The van der Waals surface area contributed by atoms with E-state index in [2.05, 4.69) is 6.92 Å². The molecule has 0 saturated carbocycles. The molecule has 0 aliphatic heterocycles. The summed E-state index contributed by atoms with van der Waals surface area (Å²) in [7, 11) is 0. The molecule has 0 aliphatic rings. The average Bonchev–Trinajstić information content (AvgIpc) is 2.23. The summed E-state index contributed by atoms with van der Waals surface area (Å²) in [5.74, 6) is 0.138. The topological polar surface area (TPSA) is 35.2 Å². The molecule has 0 amide bonds. The van der Waals surface area contributed by atoms with Gasteiger partial charge in [0.2, 0.25) is 0 Å². The molecular formula is C12H18FNO. The fraction of sp³-hybridized carbons (Fsp3) is 0.500. The first kappa shape index (κ1) is 11.8. The number of ether oxygens (including phenoxy) is 1. The summed E-state index contributed by atoms with van der Waals surface area (Å²) in [4.78, 5) is 0. The van der Waals surface area contributed by atoms with Crippen molar-refractivity contribution < 1.29 is 9.13 Å². The number of nitrogens with two attached hydrogens (primary N) is 1. The third-order valence-corrected chi connectivity index (χ3v) is 2.23. The maximum atomic E-state index is 12.8. The number of unbranched alkanes of at least 4 members (excludes halogenated alkanes) is 3. The lowest BCUT2D eigenvalue weighted by atomic mass is 10.2. The Labute approximate surface area is 90.2 Å². The van der Waals surface area contributed by atoms with Crippen molar-refractivity contribution in [3.8, 4) is 5.75 Å². The summed E-state index contributed by atoms with van der Waals surface area (Å²) >= 11 is 0. The molecule has 0 aromatic heterocycles. The van der Waals surface area contributed by atoms with Crippen LogP contribution in [-0.2, 0) is 0 Å². The van der Waals surface area contributed by atoms with E-state index in [-0.39, 0.29) is 5.82 Å². The fourth-order valence-electron chi connectivity index (χ4n) is 1.34. The molecule has 2 nitrogen and oxygen atoms in total. The Bertz CT molecular complexity index is 302. The van der Waals surface area contributed by atoms with Crippen LogP contribution in [0.25, 0.3) is 0 Å². The summed E-state index contributed by atoms with van der Waals surface area (Å²) in [5.41, 5.74) is 6.13. The van der Waals surface area contributed by atoms with E-state index < -0.39 is 0 Å². The monoisotopic (exact) mass is 211 g/mol. The molecule has 84 valence electrons. The van der Waals surface area contributed by atoms with Crippen molar-refractivity contribution in [3.63, 3.8) is 0 Å². The second-order valence-electron chi connectivity index (χ2n) is 3.59. The van der Waals surface area contributed by atoms with Gasteiger partial charge in [0.1, 0.15) is 11.6 Å². The highest BCUT2D eigenvalue weighted by atomic mass is 19.1. The zero-order chi connectivity index (χ0) is 11.1. The van der Waals surface area contributed by atoms with Crippen molar-refractivity contribution in [1.82, 2.24) is 0 Å². The Balaban J connectivity index is 2.33. The highest BCUT2D eigenvalue weighted by Crippen LogP contribution is 2.22. The number of hydrogen-bond acceptors (Lipinski definition) is 2. The summed E-state index contributed by atoms with van der Waals surface area (Å²) in [6.07, 6.45) is 4.54. The Morgan fingerprint density at radius 3 is 2.80 bits per heavy atom. The quantitative estimate of drug-likeness (QED) is 0.578. The van der Waals surface area contributed by atoms with Gasteiger partial charge in [-0.2, -0.15) is 0 Å². The minimum Gasteiger partial charge on any atom is -0.491 e. The van der Waals surface area contributed by atoms with Crippen molar-refractivity contribution in [2.45, 2.75) is 32.6 Å². The molecule has 2 N–H and O–H groups in total. The van der Waals surface area contributed by atoms with E-state index >= 15 is 0 Å². The Hall–Kier alpha value is -1.25. The molecule has 1 rings (SSSR count). The molecular weight excluding hydrogens is 193 g/mol. The summed E-state index contributed by atoms with van der Waals surface area (Å²) < 4.78 is 18.2. The maximum Gasteiger partial charge on any atom is 0.145 e. The van der Waals surface area contributed by atoms with Crippen LogP contribution in [0.5, 0.6) is 5.75 Å². The lowest BCUT2D eigenvalue weighted by Gasteiger charge is -2.08. The van der Waals surface area contributed by atoms with Gasteiger partial charge >= 0.3 is 0 Å². The highest BCUT2D eigenvalue weighted by Gasteiger charge is 2.01. The van der Waals surface area contributed by atoms with Crippen LogP contribution < -0.4 is 10.5 Å². The molecule has 0 atom stereocenters. The second-order valence-corrected chi connectivity index (χ2v) is 3.59. The van der Waals surface area contributed by atoms with E-state index in [1.165, 1.54) is 31.0 Å². The van der Waals surface area contributed by atoms with Crippen molar-refractivity contribution in [2.75, 3.05) is 12.3 Å². The summed E-state index contributed by atoms with van der Waals surface area (Å²) in [6, 6.07) is 4.19. The molecule has 0 aliphatic carbocycles. The number of hydrogen-bond donors (Lipinski definition) is 1. The minimum absolute atomic E-state index is 0.312. The van der Waals surface area contributed by atoms with Gasteiger partial charge in [-0.05, 0) is 18.6 Å². The highest BCUT2D eigenvalue weighted by molar-refractivity contribution is 5.52. The molecule has 1 aromatic carbocycles. The van der Waals surface area contributed by atoms with E-state index in [0.717, 1.165) is 12.8 Å². The lowest BCUT2D eigenvalue weighted by Crippen LogP contribution is -2.00. The largest absolute Gasteiger partial charge is 0.491 e.